The molecule has 0 saturated heterocycles. The van der Waals surface area contributed by atoms with Crippen LogP contribution in [0.4, 0.5) is 0 Å². The molecule has 22 heteroatoms. The van der Waals surface area contributed by atoms with Crippen molar-refractivity contribution in [2.45, 2.75) is 192 Å². The average Bonchev–Trinajstić information content (AvgIpc) is 1.58. The lowest BCUT2D eigenvalue weighted by atomic mass is 9.93. The molecule has 3 N–H and O–H groups in total. The summed E-state index contributed by atoms with van der Waals surface area (Å²) < 4.78 is 5.44. The molecule has 3 aliphatic heterocycles. The number of aromatic amines is 3. The van der Waals surface area contributed by atoms with Crippen molar-refractivity contribution in [3.05, 3.63) is 215 Å². The van der Waals surface area contributed by atoms with E-state index >= 15 is 0 Å². The van der Waals surface area contributed by atoms with Crippen LogP contribution in [0.3, 0.4) is 0 Å². The van der Waals surface area contributed by atoms with Gasteiger partial charge >= 0.3 is 0 Å². The lowest BCUT2D eigenvalue weighted by Gasteiger charge is -2.23. The van der Waals surface area contributed by atoms with Crippen molar-refractivity contribution >= 4 is 57.9 Å². The number of tetrazole rings is 1. The Morgan fingerprint density at radius 3 is 1.23 bits per heavy atom. The molecular weight excluding hydrogens is 1460 g/mol. The van der Waals surface area contributed by atoms with E-state index in [2.05, 4.69) is 234 Å². The zero-order valence-electron chi connectivity index (χ0n) is 65.3. The van der Waals surface area contributed by atoms with Gasteiger partial charge in [-0.25, -0.2) is 0 Å². The van der Waals surface area contributed by atoms with Gasteiger partial charge in [-0.15, -0.1) is 21.5 Å². The molecule has 6 aliphatic rings. The van der Waals surface area contributed by atoms with E-state index in [4.69, 9.17) is 19.7 Å². The van der Waals surface area contributed by atoms with Gasteiger partial charge in [-0.2, -0.15) is 47.4 Å². The molecule has 3 aliphatic carbocycles. The van der Waals surface area contributed by atoms with Gasteiger partial charge in [-0.3, -0.25) is 44.1 Å². The molecule has 3 amide bonds. The summed E-state index contributed by atoms with van der Waals surface area (Å²) in [5.41, 5.74) is 18.6. The summed E-state index contributed by atoms with van der Waals surface area (Å²) in [6.45, 7) is 8.25. The maximum absolute atomic E-state index is 13.6. The van der Waals surface area contributed by atoms with E-state index in [-0.39, 0.29) is 17.7 Å². The van der Waals surface area contributed by atoms with Gasteiger partial charge in [0.1, 0.15) is 51.3 Å². The molecule has 3 fully saturated rings. The Bertz CT molecular complexity index is 5170. The van der Waals surface area contributed by atoms with Crippen molar-refractivity contribution in [3.8, 4) is 106 Å². The van der Waals surface area contributed by atoms with Crippen LogP contribution >= 0.6 is 22.7 Å². The number of thiophene rings is 2. The number of benzene rings is 7. The molecule has 20 nitrogen and oxygen atoms in total. The first-order chi connectivity index (χ1) is 55.9. The zero-order chi connectivity index (χ0) is 78.0. The Hall–Kier alpha value is -11.5. The second kappa shape index (κ2) is 34.5. The van der Waals surface area contributed by atoms with Gasteiger partial charge < -0.3 is 4.74 Å². The van der Waals surface area contributed by atoms with Gasteiger partial charge in [-0.1, -0.05) is 200 Å². The number of aromatic nitrogens is 10. The van der Waals surface area contributed by atoms with Gasteiger partial charge in [0.05, 0.1) is 39.1 Å². The van der Waals surface area contributed by atoms with E-state index in [0.717, 1.165) is 247 Å². The summed E-state index contributed by atoms with van der Waals surface area (Å²) in [5, 5.41) is 43.4. The molecule has 7 aromatic carbocycles. The Morgan fingerprint density at radius 1 is 0.412 bits per heavy atom. The third-order valence-electron chi connectivity index (χ3n) is 23.4. The molecule has 3 saturated carbocycles. The largest absolute Gasteiger partial charge is 0.497 e. The Morgan fingerprint density at radius 2 is 0.833 bits per heavy atom. The van der Waals surface area contributed by atoms with Crippen molar-refractivity contribution < 1.29 is 19.1 Å². The quantitative estimate of drug-likeness (QED) is 0.0486. The van der Waals surface area contributed by atoms with E-state index in [1.807, 2.05) is 39.0 Å². The molecule has 3 spiro atoms. The molecule has 8 heterocycles. The molecule has 0 unspecified atom stereocenters. The molecule has 0 radical (unpaired) electrons. The number of H-pyrrole nitrogens is 3. The topological polar surface area (TPSA) is 245 Å². The predicted molar refractivity (Wildman–Crippen MR) is 454 cm³/mol. The minimum Gasteiger partial charge on any atom is -0.497 e. The van der Waals surface area contributed by atoms with Crippen LogP contribution in [0.2, 0.25) is 0 Å². The van der Waals surface area contributed by atoms with Crippen LogP contribution in [0.15, 0.2) is 213 Å². The summed E-state index contributed by atoms with van der Waals surface area (Å²) in [5.74, 6) is 4.87. The molecule has 0 atom stereocenters. The summed E-state index contributed by atoms with van der Waals surface area (Å²) >= 11 is 3.43. The van der Waals surface area contributed by atoms with Crippen LogP contribution in [0.5, 0.6) is 5.75 Å². The Kier molecular flexibility index (Phi) is 23.1. The highest BCUT2D eigenvalue weighted by atomic mass is 32.1. The highest BCUT2D eigenvalue weighted by Gasteiger charge is 2.52. The number of carbonyl (C=O) groups excluding carboxylic acids is 3. The monoisotopic (exact) mass is 1550 g/mol. The molecule has 114 heavy (non-hydrogen) atoms. The van der Waals surface area contributed by atoms with Crippen LogP contribution in [-0.2, 0) is 34.0 Å². The number of nitrogens with zero attached hydrogens (tertiary/aromatic N) is 13. The van der Waals surface area contributed by atoms with Crippen LogP contribution in [-0.4, -0.2) is 125 Å². The van der Waals surface area contributed by atoms with Crippen molar-refractivity contribution in [3.63, 3.8) is 0 Å². The van der Waals surface area contributed by atoms with E-state index in [1.54, 1.807) is 42.2 Å². The van der Waals surface area contributed by atoms with Crippen LogP contribution in [0.1, 0.15) is 172 Å². The highest BCUT2D eigenvalue weighted by Crippen LogP contribution is 2.46. The number of amides is 3. The van der Waals surface area contributed by atoms with Crippen molar-refractivity contribution in [1.29, 1.82) is 0 Å². The first-order valence-electron chi connectivity index (χ1n) is 40.5. The summed E-state index contributed by atoms with van der Waals surface area (Å²) in [4.78, 5) is 62.8. The van der Waals surface area contributed by atoms with E-state index in [9.17, 15) is 14.4 Å². The zero-order valence-corrected chi connectivity index (χ0v) is 66.9. The maximum atomic E-state index is 13.6. The summed E-state index contributed by atoms with van der Waals surface area (Å²) in [7, 11) is 1.67. The van der Waals surface area contributed by atoms with Gasteiger partial charge in [0.25, 0.3) is 17.7 Å². The minimum atomic E-state index is -0.511. The van der Waals surface area contributed by atoms with Crippen LogP contribution in [0.25, 0.3) is 100.0 Å². The van der Waals surface area contributed by atoms with Crippen LogP contribution in [0, 0.1) is 0 Å². The van der Waals surface area contributed by atoms with E-state index < -0.39 is 16.6 Å². The highest BCUT2D eigenvalue weighted by molar-refractivity contribution is 7.13. The minimum absolute atomic E-state index is 0.186. The number of hydrogen-bond acceptors (Lipinski definition) is 16. The van der Waals surface area contributed by atoms with Gasteiger partial charge in [-0.05, 0) is 206 Å². The summed E-state index contributed by atoms with van der Waals surface area (Å²) in [6.07, 6.45) is 24.4. The number of rotatable bonds is 25. The number of aliphatic imine (C=N–C) groups is 3. The first kappa shape index (κ1) is 76.5. The molecule has 18 rings (SSSR count). The number of methoxy groups -OCH3 is 1. The fourth-order valence-corrected chi connectivity index (χ4v) is 18.5. The lowest BCUT2D eigenvalue weighted by molar-refractivity contribution is -0.132. The molecule has 12 aromatic rings. The smallest absolute Gasteiger partial charge is 0.256 e. The van der Waals surface area contributed by atoms with Crippen LogP contribution < -0.4 is 4.74 Å². The second-order valence-electron chi connectivity index (χ2n) is 30.8. The number of hydrogen-bond donors (Lipinski definition) is 3. The van der Waals surface area contributed by atoms with Crippen molar-refractivity contribution in [1.82, 2.24) is 66.1 Å². The van der Waals surface area contributed by atoms with Crippen molar-refractivity contribution in [2.24, 2.45) is 15.0 Å². The van der Waals surface area contributed by atoms with E-state index in [1.165, 1.54) is 21.6 Å². The fraction of sp³-hybridized carbons (Fsp3) is 0.337. The molecular formula is C92H96N16O4S2. The molecule has 0 bridgehead atoms. The van der Waals surface area contributed by atoms with Crippen molar-refractivity contribution in [2.75, 3.05) is 7.11 Å². The molecule has 580 valence electrons. The SMILES string of the molecule is CCCCC1=NC2(CCCC2)C(=O)N1Cc1ccc(-c2cc(-c3cccc(OC)c3)ccc2-c2nn[nH]n2)cc1.CCCCC1=NC2(CCCC2)C(=O)N1Cc1ccc(-c2cc(-c3cccs3)ccc2-c2cn[nH]n2)cc1.CCCCC1=NC2(CCCC2)C(=O)N1Cc1ccc(-c2cc(-c3ccsc3)ccc2-c2cn[nH]n2)cc1. The number of nitrogens with one attached hydrogen (secondary N) is 3. The fourth-order valence-electron chi connectivity index (χ4n) is 17.1. The maximum Gasteiger partial charge on any atom is 0.256 e. The normalized spacial score (nSPS) is 16.4. The second-order valence-corrected chi connectivity index (χ2v) is 32.6. The molecule has 5 aromatic heterocycles. The number of carbonyl (C=O) groups is 3. The van der Waals surface area contributed by atoms with E-state index in [0.29, 0.717) is 25.5 Å². The third-order valence-corrected chi connectivity index (χ3v) is 25.0. The number of unbranched alkanes of at least 4 members (excludes halogenated alkanes) is 3. The third kappa shape index (κ3) is 16.1. The predicted octanol–water partition coefficient (Wildman–Crippen LogP) is 20.7. The summed E-state index contributed by atoms with van der Waals surface area (Å²) in [6, 6.07) is 59.2. The Balaban J connectivity index is 0.000000129. The average molecular weight is 1550 g/mol. The standard InChI is InChI=1S/C32H34N6O2.2C30H31N5OS/c1-3-4-10-29-33-32(17-5-6-18-32)31(39)38(29)21-22-11-13-23(14-12-22)28-20-25(24-8-7-9-26(19-24)40-2)15-16-27(28)30-34-36-37-35-30;1-2-3-8-28-32-30(15-4-5-16-30)29(36)35(28)20-21-9-11-22(12-10-21)25-18-23(27-7-6-17-37-27)13-14-24(25)26-19-31-34-33-26;1-2-3-6-28-32-30(14-4-5-15-30)29(36)35(28)19-21-7-9-22(10-8-21)26-17-23(24-13-16-37-20-24)11-12-25(26)27-18-31-34-33-27/h7-9,11-16,19-20H,3-6,10,17-18,21H2,1-2H3,(H,34,35,36,37);6-7,9-14,17-19H,2-5,8,15-16,20H2,1H3,(H,31,33,34);7-13,16-18,20H,2-6,14-15,19H2,1H3,(H,31,33,34). The van der Waals surface area contributed by atoms with Gasteiger partial charge in [0, 0.05) is 40.8 Å². The van der Waals surface area contributed by atoms with Gasteiger partial charge in [0.15, 0.2) is 0 Å². The lowest BCUT2D eigenvalue weighted by Crippen LogP contribution is -2.40. The number of amidine groups is 3. The Labute approximate surface area is 673 Å². The number of ether oxygens (including phenoxy) is 1. The first-order valence-corrected chi connectivity index (χ1v) is 42.3. The van der Waals surface area contributed by atoms with Gasteiger partial charge in [0.2, 0.25) is 5.82 Å².